The predicted octanol–water partition coefficient (Wildman–Crippen LogP) is 9.06. The van der Waals surface area contributed by atoms with Gasteiger partial charge in [-0.1, -0.05) is 0 Å². The molecule has 5 heterocycles. The molecule has 0 bridgehead atoms. The molecule has 2 aromatic carbocycles. The Bertz CT molecular complexity index is 2850. The largest absolute Gasteiger partial charge is 0.492 e. The number of carbonyl (C=O) groups is 2. The number of carbonyl (C=O) groups excluding carboxylic acids is 2. The van der Waals surface area contributed by atoms with E-state index < -0.39 is 57.5 Å². The van der Waals surface area contributed by atoms with Crippen LogP contribution < -0.4 is 24.3 Å². The fraction of sp³-hybridized carbons (Fsp3) is 0.304. The number of amides is 2. The highest BCUT2D eigenvalue weighted by molar-refractivity contribution is 7.81. The zero-order chi connectivity index (χ0) is 49.0. The van der Waals surface area contributed by atoms with Crippen molar-refractivity contribution in [1.29, 1.82) is 15.8 Å². The minimum atomic E-state index is -5.14. The molecular formula is C46H39F5N10O4S2. The van der Waals surface area contributed by atoms with Gasteiger partial charge in [-0.25, -0.2) is 13.8 Å². The van der Waals surface area contributed by atoms with Crippen LogP contribution in [0.2, 0.25) is 0 Å². The Morgan fingerprint density at radius 2 is 1.22 bits per heavy atom. The first-order valence-corrected chi connectivity index (χ1v) is 21.1. The number of aromatic nitrogens is 3. The highest BCUT2D eigenvalue weighted by Gasteiger charge is 2.53. The van der Waals surface area contributed by atoms with Crippen LogP contribution in [0, 0.1) is 45.6 Å². The van der Waals surface area contributed by atoms with Crippen LogP contribution in [-0.2, 0) is 35.0 Å². The van der Waals surface area contributed by atoms with Crippen LogP contribution in [-0.4, -0.2) is 55.2 Å². The lowest BCUT2D eigenvalue weighted by atomic mass is 10.0. The summed E-state index contributed by atoms with van der Waals surface area (Å²) in [6, 6.07) is 16.9. The van der Waals surface area contributed by atoms with Crippen LogP contribution in [0.25, 0.3) is 0 Å². The average molecular weight is 955 g/mol. The fourth-order valence-electron chi connectivity index (χ4n) is 7.54. The van der Waals surface area contributed by atoms with Gasteiger partial charge in [-0.15, -0.1) is 0 Å². The van der Waals surface area contributed by atoms with Gasteiger partial charge in [-0.05, 0) is 126 Å². The molecule has 0 saturated carbocycles. The number of anilines is 4. The summed E-state index contributed by atoms with van der Waals surface area (Å²) in [7, 11) is 1.26. The summed E-state index contributed by atoms with van der Waals surface area (Å²) in [6.07, 6.45) is 4.90. The summed E-state index contributed by atoms with van der Waals surface area (Å²) in [4.78, 5) is 44.3. The molecule has 2 fully saturated rings. The van der Waals surface area contributed by atoms with E-state index >= 15 is 8.78 Å². The van der Waals surface area contributed by atoms with E-state index in [1.165, 1.54) is 56.5 Å². The lowest BCUT2D eigenvalue weighted by Crippen LogP contribution is -2.44. The SMILES string of the molecule is CC1(C)C(=O)N(c2ccc(C#N)c(C(F)(F)F)c2F)C(=S)N1c1ccc(CCCc2ncco2)nc1.COc1c(C#N)ccc(N2C(=O)C(C)(C)N(c3ccc(CCCC#N)nc3)C2=S)c1F. The van der Waals surface area contributed by atoms with Gasteiger partial charge in [0.05, 0.1) is 71.7 Å². The van der Waals surface area contributed by atoms with Crippen molar-refractivity contribution < 1.29 is 40.7 Å². The first-order valence-electron chi connectivity index (χ1n) is 20.3. The number of alkyl halides is 3. The Morgan fingerprint density at radius 1 is 0.716 bits per heavy atom. The summed E-state index contributed by atoms with van der Waals surface area (Å²) in [5.41, 5.74) is -3.20. The first-order chi connectivity index (χ1) is 31.7. The molecule has 0 aliphatic carbocycles. The van der Waals surface area contributed by atoms with Crippen LogP contribution in [0.1, 0.15) is 80.9 Å². The number of rotatable bonds is 12. The van der Waals surface area contributed by atoms with Crippen LogP contribution in [0.5, 0.6) is 5.75 Å². The van der Waals surface area contributed by atoms with Gasteiger partial charge in [0.2, 0.25) is 0 Å². The molecule has 5 aromatic rings. The third kappa shape index (κ3) is 9.49. The van der Waals surface area contributed by atoms with Crippen LogP contribution in [0.4, 0.5) is 44.7 Å². The van der Waals surface area contributed by atoms with E-state index in [-0.39, 0.29) is 27.2 Å². The minimum Gasteiger partial charge on any atom is -0.492 e. The fourth-order valence-corrected chi connectivity index (χ4v) is 8.56. The van der Waals surface area contributed by atoms with Gasteiger partial charge < -0.3 is 19.0 Å². The standard InChI is InChI=1S/C24H19F4N5O2S.C22H20FN5O2S/c1-23(2)21(34)32(17-9-6-14(12-29)19(20(17)25)24(26,27)28)22(36)33(23)16-8-7-15(31-13-16)4-3-5-18-30-10-11-35-18;1-22(2)20(29)27(17-10-7-14(12-25)19(30-3)18(17)23)21(31)28(22)16-9-8-15(26-13-16)6-4-5-11-24/h6-11,13H,3-5H2,1-2H3;7-10,13H,4-6H2,1-3H3. The van der Waals surface area contributed by atoms with Gasteiger partial charge in [0.1, 0.15) is 29.0 Å². The lowest BCUT2D eigenvalue weighted by molar-refractivity contribution is -0.140. The normalized spacial score (nSPS) is 15.3. The molecule has 0 unspecified atom stereocenters. The molecule has 2 amide bonds. The number of pyridine rings is 2. The molecule has 0 radical (unpaired) electrons. The van der Waals surface area contributed by atoms with Gasteiger partial charge in [-0.3, -0.25) is 29.4 Å². The molecule has 2 saturated heterocycles. The van der Waals surface area contributed by atoms with Crippen LogP contribution in [0.15, 0.2) is 77.8 Å². The molecule has 7 rings (SSSR count). The van der Waals surface area contributed by atoms with E-state index in [9.17, 15) is 22.8 Å². The number of thiocarbonyl (C=S) groups is 2. The molecule has 14 nitrogen and oxygen atoms in total. The second kappa shape index (κ2) is 19.6. The molecule has 21 heteroatoms. The van der Waals surface area contributed by atoms with Crippen molar-refractivity contribution in [2.75, 3.05) is 26.7 Å². The number of nitriles is 3. The van der Waals surface area contributed by atoms with Crippen LogP contribution >= 0.6 is 24.4 Å². The minimum absolute atomic E-state index is 0.0219. The molecular weight excluding hydrogens is 916 g/mol. The quantitative estimate of drug-likeness (QED) is 0.0657. The number of benzene rings is 2. The summed E-state index contributed by atoms with van der Waals surface area (Å²) in [5, 5.41) is 26.7. The van der Waals surface area contributed by atoms with Gasteiger partial charge in [0, 0.05) is 24.2 Å². The second-order valence-corrected chi connectivity index (χ2v) is 16.7. The summed E-state index contributed by atoms with van der Waals surface area (Å²) in [5.74, 6) is -3.33. The van der Waals surface area contributed by atoms with Gasteiger partial charge in [-0.2, -0.15) is 29.0 Å². The van der Waals surface area contributed by atoms with Crippen molar-refractivity contribution in [3.05, 3.63) is 119 Å². The number of halogens is 5. The Morgan fingerprint density at radius 3 is 1.66 bits per heavy atom. The number of aryl methyl sites for hydroxylation is 3. The van der Waals surface area contributed by atoms with E-state index in [1.807, 2.05) is 12.1 Å². The van der Waals surface area contributed by atoms with Crippen molar-refractivity contribution >= 4 is 69.2 Å². The number of hydrogen-bond acceptors (Lipinski definition) is 12. The van der Waals surface area contributed by atoms with Gasteiger partial charge in [0.15, 0.2) is 33.5 Å². The number of unbranched alkanes of at least 4 members (excludes halogenated alkanes) is 1. The van der Waals surface area contributed by atoms with Crippen molar-refractivity contribution in [3.8, 4) is 24.0 Å². The number of oxazole rings is 1. The van der Waals surface area contributed by atoms with Crippen molar-refractivity contribution in [1.82, 2.24) is 15.0 Å². The zero-order valence-electron chi connectivity index (χ0n) is 36.5. The molecule has 3 aromatic heterocycles. The van der Waals surface area contributed by atoms with E-state index in [0.717, 1.165) is 39.7 Å². The average Bonchev–Trinajstić information content (AvgIpc) is 3.92. The Labute approximate surface area is 392 Å². The summed E-state index contributed by atoms with van der Waals surface area (Å²) in [6.45, 7) is 6.44. The molecule has 2 aliphatic rings. The van der Waals surface area contributed by atoms with E-state index in [0.29, 0.717) is 49.4 Å². The Hall–Kier alpha value is -7.41. The third-order valence-electron chi connectivity index (χ3n) is 10.9. The first kappa shape index (κ1) is 49.0. The monoisotopic (exact) mass is 954 g/mol. The topological polar surface area (TPSA) is 180 Å². The molecule has 344 valence electrons. The smallest absolute Gasteiger partial charge is 0.420 e. The second-order valence-electron chi connectivity index (χ2n) is 16.0. The van der Waals surface area contributed by atoms with Gasteiger partial charge >= 0.3 is 6.18 Å². The molecule has 0 N–H and O–H groups in total. The molecule has 2 aliphatic heterocycles. The predicted molar refractivity (Wildman–Crippen MR) is 243 cm³/mol. The highest BCUT2D eigenvalue weighted by atomic mass is 32.1. The summed E-state index contributed by atoms with van der Waals surface area (Å²) >= 11 is 11.0. The zero-order valence-corrected chi connectivity index (χ0v) is 38.1. The maximum absolute atomic E-state index is 15.1. The number of hydrogen-bond donors (Lipinski definition) is 0. The Balaban J connectivity index is 0.000000224. The van der Waals surface area contributed by atoms with Gasteiger partial charge in [0.25, 0.3) is 11.8 Å². The molecule has 67 heavy (non-hydrogen) atoms. The number of ether oxygens (including phenoxy) is 1. The Kier molecular flexibility index (Phi) is 14.3. The van der Waals surface area contributed by atoms with E-state index in [1.54, 1.807) is 49.3 Å². The summed E-state index contributed by atoms with van der Waals surface area (Å²) < 4.78 is 81.0. The lowest BCUT2D eigenvalue weighted by Gasteiger charge is -2.29. The highest BCUT2D eigenvalue weighted by Crippen LogP contribution is 2.43. The van der Waals surface area contributed by atoms with Crippen molar-refractivity contribution in [2.24, 2.45) is 0 Å². The van der Waals surface area contributed by atoms with Crippen LogP contribution in [0.3, 0.4) is 0 Å². The molecule has 0 spiro atoms. The third-order valence-corrected chi connectivity index (χ3v) is 11.6. The van der Waals surface area contributed by atoms with E-state index in [2.05, 4.69) is 21.0 Å². The molecule has 0 atom stereocenters. The number of nitrogens with zero attached hydrogens (tertiary/aromatic N) is 10. The van der Waals surface area contributed by atoms with Crippen molar-refractivity contribution in [3.63, 3.8) is 0 Å². The maximum Gasteiger partial charge on any atom is 0.420 e. The van der Waals surface area contributed by atoms with Crippen molar-refractivity contribution in [2.45, 2.75) is 83.5 Å². The number of methoxy groups -OCH3 is 1. The maximum atomic E-state index is 15.1. The van der Waals surface area contributed by atoms with E-state index in [4.69, 9.17) is 49.4 Å².